The van der Waals surface area contributed by atoms with Gasteiger partial charge in [-0.1, -0.05) is 6.07 Å². The first-order valence-corrected chi connectivity index (χ1v) is 7.17. The molecule has 0 unspecified atom stereocenters. The normalized spacial score (nSPS) is 17.0. The molecule has 1 aliphatic heterocycles. The molecule has 0 saturated heterocycles. The molecule has 0 amide bonds. The zero-order chi connectivity index (χ0) is 15.7. The predicted octanol–water partition coefficient (Wildman–Crippen LogP) is 2.19. The van der Waals surface area contributed by atoms with E-state index in [-0.39, 0.29) is 5.56 Å². The molecule has 3 nitrogen and oxygen atoms in total. The van der Waals surface area contributed by atoms with Gasteiger partial charge in [0.05, 0.1) is 26.3 Å². The lowest BCUT2D eigenvalue weighted by Crippen LogP contribution is -2.87. The summed E-state index contributed by atoms with van der Waals surface area (Å²) in [5.41, 5.74) is 2.00. The Balaban J connectivity index is 2.15. The van der Waals surface area contributed by atoms with Crippen molar-refractivity contribution in [3.05, 3.63) is 58.7 Å². The average Bonchev–Trinajstić information content (AvgIpc) is 2.53. The summed E-state index contributed by atoms with van der Waals surface area (Å²) in [7, 11) is 3.13. The molecule has 1 atom stereocenters. The number of ether oxygens (including phenoxy) is 2. The number of methoxy groups -OCH3 is 2. The molecule has 2 aromatic rings. The van der Waals surface area contributed by atoms with Gasteiger partial charge in [-0.2, -0.15) is 0 Å². The quantitative estimate of drug-likeness (QED) is 0.943. The SMILES string of the molecule is COc1cc2c(cc1OC)[C@H](c1c(F)cccc1F)[NH2+]CC2. The molecule has 2 N–H and O–H groups in total. The summed E-state index contributed by atoms with van der Waals surface area (Å²) in [4.78, 5) is 0. The summed E-state index contributed by atoms with van der Waals surface area (Å²) in [6.45, 7) is 0.765. The van der Waals surface area contributed by atoms with Crippen molar-refractivity contribution in [1.29, 1.82) is 0 Å². The minimum Gasteiger partial charge on any atom is -0.493 e. The number of quaternary nitrogens is 1. The van der Waals surface area contributed by atoms with Crippen LogP contribution in [0.1, 0.15) is 22.7 Å². The van der Waals surface area contributed by atoms with Gasteiger partial charge in [0.1, 0.15) is 17.7 Å². The van der Waals surface area contributed by atoms with Gasteiger partial charge in [0, 0.05) is 12.0 Å². The van der Waals surface area contributed by atoms with Crippen LogP contribution in [0, 0.1) is 11.6 Å². The first-order chi connectivity index (χ1) is 10.7. The van der Waals surface area contributed by atoms with Crippen molar-refractivity contribution in [2.24, 2.45) is 0 Å². The molecule has 0 aliphatic carbocycles. The lowest BCUT2D eigenvalue weighted by atomic mass is 9.89. The number of hydrogen-bond acceptors (Lipinski definition) is 2. The van der Waals surface area contributed by atoms with Gasteiger partial charge >= 0.3 is 0 Å². The monoisotopic (exact) mass is 306 g/mol. The van der Waals surface area contributed by atoms with E-state index < -0.39 is 17.7 Å². The average molecular weight is 306 g/mol. The van der Waals surface area contributed by atoms with E-state index in [0.29, 0.717) is 11.5 Å². The number of hydrogen-bond donors (Lipinski definition) is 1. The summed E-state index contributed by atoms with van der Waals surface area (Å²) in [5.74, 6) is 0.155. The van der Waals surface area contributed by atoms with E-state index in [2.05, 4.69) is 0 Å². The number of halogens is 2. The molecular weight excluding hydrogens is 288 g/mol. The van der Waals surface area contributed by atoms with Crippen LogP contribution in [0.4, 0.5) is 8.78 Å². The maximum atomic E-state index is 14.1. The van der Waals surface area contributed by atoms with Gasteiger partial charge in [0.2, 0.25) is 0 Å². The van der Waals surface area contributed by atoms with Gasteiger partial charge in [0.15, 0.2) is 11.5 Å². The molecule has 0 fully saturated rings. The minimum absolute atomic E-state index is 0.0932. The zero-order valence-corrected chi connectivity index (χ0v) is 12.5. The van der Waals surface area contributed by atoms with Crippen LogP contribution < -0.4 is 14.8 Å². The van der Waals surface area contributed by atoms with Crippen LogP contribution in [0.25, 0.3) is 0 Å². The maximum absolute atomic E-state index is 14.1. The standard InChI is InChI=1S/C17H17F2NO2/c1-21-14-8-10-6-7-20-17(11(10)9-15(14)22-2)16-12(18)4-3-5-13(16)19/h3-5,8-9,17,20H,6-7H2,1-2H3/p+1/t17-/m1/s1. The molecule has 1 aliphatic rings. The van der Waals surface area contributed by atoms with E-state index in [9.17, 15) is 8.78 Å². The molecule has 22 heavy (non-hydrogen) atoms. The van der Waals surface area contributed by atoms with Crippen molar-refractivity contribution in [3.63, 3.8) is 0 Å². The Morgan fingerprint density at radius 2 is 1.68 bits per heavy atom. The molecule has 0 spiro atoms. The Labute approximate surface area is 127 Å². The summed E-state index contributed by atoms with van der Waals surface area (Å²) in [6, 6.07) is 7.27. The first kappa shape index (κ1) is 14.8. The molecule has 116 valence electrons. The summed E-state index contributed by atoms with van der Waals surface area (Å²) >= 11 is 0. The molecule has 0 bridgehead atoms. The predicted molar refractivity (Wildman–Crippen MR) is 78.2 cm³/mol. The van der Waals surface area contributed by atoms with Gasteiger partial charge in [-0.05, 0) is 29.8 Å². The third kappa shape index (κ3) is 2.41. The van der Waals surface area contributed by atoms with Gasteiger partial charge in [-0.25, -0.2) is 8.78 Å². The number of nitrogens with two attached hydrogens (primary N) is 1. The van der Waals surface area contributed by atoms with E-state index in [1.54, 1.807) is 14.2 Å². The highest BCUT2D eigenvalue weighted by atomic mass is 19.1. The van der Waals surface area contributed by atoms with Crippen LogP contribution in [-0.2, 0) is 6.42 Å². The fraction of sp³-hybridized carbons (Fsp3) is 0.294. The van der Waals surface area contributed by atoms with Gasteiger partial charge in [0.25, 0.3) is 0 Å². The lowest BCUT2D eigenvalue weighted by Gasteiger charge is -2.26. The first-order valence-electron chi connectivity index (χ1n) is 7.17. The van der Waals surface area contributed by atoms with Crippen LogP contribution in [0.15, 0.2) is 30.3 Å². The molecule has 2 aromatic carbocycles. The van der Waals surface area contributed by atoms with Gasteiger partial charge < -0.3 is 14.8 Å². The Morgan fingerprint density at radius 1 is 1.05 bits per heavy atom. The van der Waals surface area contributed by atoms with Crippen LogP contribution in [0.5, 0.6) is 11.5 Å². The molecule has 0 saturated carbocycles. The van der Waals surface area contributed by atoms with Crippen LogP contribution in [-0.4, -0.2) is 20.8 Å². The van der Waals surface area contributed by atoms with Gasteiger partial charge in [-0.15, -0.1) is 0 Å². The van der Waals surface area contributed by atoms with E-state index in [1.165, 1.54) is 18.2 Å². The van der Waals surface area contributed by atoms with Crippen molar-refractivity contribution < 1.29 is 23.6 Å². The van der Waals surface area contributed by atoms with Crippen molar-refractivity contribution >= 4 is 0 Å². The summed E-state index contributed by atoms with van der Waals surface area (Å²) in [5, 5.41) is 1.95. The fourth-order valence-electron chi connectivity index (χ4n) is 3.06. The largest absolute Gasteiger partial charge is 0.493 e. The minimum atomic E-state index is -0.524. The molecular formula is C17H18F2NO2+. The zero-order valence-electron chi connectivity index (χ0n) is 12.5. The molecule has 3 rings (SSSR count). The highest BCUT2D eigenvalue weighted by Gasteiger charge is 2.31. The van der Waals surface area contributed by atoms with E-state index >= 15 is 0 Å². The lowest BCUT2D eigenvalue weighted by molar-refractivity contribution is -0.690. The smallest absolute Gasteiger partial charge is 0.161 e. The Hall–Kier alpha value is -2.14. The van der Waals surface area contributed by atoms with Gasteiger partial charge in [-0.3, -0.25) is 0 Å². The van der Waals surface area contributed by atoms with E-state index in [1.807, 2.05) is 17.4 Å². The van der Waals surface area contributed by atoms with Crippen molar-refractivity contribution in [3.8, 4) is 11.5 Å². The highest BCUT2D eigenvalue weighted by molar-refractivity contribution is 5.50. The Bertz CT molecular complexity index is 683. The van der Waals surface area contributed by atoms with Crippen molar-refractivity contribution in [1.82, 2.24) is 0 Å². The van der Waals surface area contributed by atoms with Crippen molar-refractivity contribution in [2.45, 2.75) is 12.5 Å². The highest BCUT2D eigenvalue weighted by Crippen LogP contribution is 2.36. The van der Waals surface area contributed by atoms with Crippen LogP contribution in [0.3, 0.4) is 0 Å². The van der Waals surface area contributed by atoms with Crippen LogP contribution in [0.2, 0.25) is 0 Å². The topological polar surface area (TPSA) is 35.1 Å². The number of rotatable bonds is 3. The Morgan fingerprint density at radius 3 is 2.32 bits per heavy atom. The summed E-state index contributed by atoms with van der Waals surface area (Å²) in [6.07, 6.45) is 0.822. The molecule has 1 heterocycles. The third-order valence-corrected chi connectivity index (χ3v) is 4.11. The molecule has 0 radical (unpaired) electrons. The van der Waals surface area contributed by atoms with Crippen molar-refractivity contribution in [2.75, 3.05) is 20.8 Å². The Kier molecular flexibility index (Phi) is 3.98. The van der Waals surface area contributed by atoms with Crippen LogP contribution >= 0.6 is 0 Å². The molecule has 0 aromatic heterocycles. The maximum Gasteiger partial charge on any atom is 0.161 e. The summed E-state index contributed by atoms with van der Waals surface area (Å²) < 4.78 is 38.9. The number of fused-ring (bicyclic) bond motifs is 1. The van der Waals surface area contributed by atoms with E-state index in [4.69, 9.17) is 9.47 Å². The number of benzene rings is 2. The second kappa shape index (κ2) is 5.93. The second-order valence-corrected chi connectivity index (χ2v) is 5.29. The third-order valence-electron chi connectivity index (χ3n) is 4.11. The molecule has 5 heteroatoms. The van der Waals surface area contributed by atoms with E-state index in [0.717, 1.165) is 24.1 Å². The fourth-order valence-corrected chi connectivity index (χ4v) is 3.06. The second-order valence-electron chi connectivity index (χ2n) is 5.29.